The first kappa shape index (κ1) is 30.1. The molecule has 40 heavy (non-hydrogen) atoms. The third-order valence-corrected chi connectivity index (χ3v) is 8.51. The Morgan fingerprint density at radius 1 is 1.23 bits per heavy atom. The molecule has 1 saturated heterocycles. The summed E-state index contributed by atoms with van der Waals surface area (Å²) in [6, 6.07) is 1.01. The average molecular weight is 592 g/mol. The standard InChI is InChI=1S/C27H42ClN7O4Si/c1-9-34-14-19(13-29-34)30-25-31-23-22(21(28)16-33(23)17-37-10-11-40(6,7)8)24(32-25)38-20-12-18(2)35(15-20)26(36)39-27(3,4)5/h13-14,16,18,20H,9-12,15,17H2,1-8H3,(H,30,31,32)/t18-,20+/m0/s1. The van der Waals surface area contributed by atoms with E-state index >= 15 is 0 Å². The smallest absolute Gasteiger partial charge is 0.410 e. The number of aryl methyl sites for hydroxylation is 1. The maximum atomic E-state index is 12.8. The number of aromatic nitrogens is 5. The second-order valence-electron chi connectivity index (χ2n) is 12.5. The number of nitrogens with one attached hydrogen (secondary N) is 1. The SMILES string of the molecule is CCn1cc(Nc2nc(O[C@@H]3C[C@H](C)N(C(=O)OC(C)(C)C)C3)c3c(Cl)cn(COCC[Si](C)(C)C)c3n2)cn1. The Balaban J connectivity index is 1.61. The van der Waals surface area contributed by atoms with Gasteiger partial charge in [0.05, 0.1) is 28.8 Å². The van der Waals surface area contributed by atoms with E-state index in [2.05, 4.69) is 30.1 Å². The van der Waals surface area contributed by atoms with Crippen molar-refractivity contribution in [2.75, 3.05) is 18.5 Å². The van der Waals surface area contributed by atoms with Crippen LogP contribution in [0, 0.1) is 0 Å². The predicted molar refractivity (Wildman–Crippen MR) is 159 cm³/mol. The molecule has 0 bridgehead atoms. The van der Waals surface area contributed by atoms with Gasteiger partial charge in [0.25, 0.3) is 0 Å². The Kier molecular flexibility index (Phi) is 9.01. The van der Waals surface area contributed by atoms with Crippen molar-refractivity contribution in [2.45, 2.75) is 97.7 Å². The third-order valence-electron chi connectivity index (χ3n) is 6.52. The molecule has 3 aromatic rings. The summed E-state index contributed by atoms with van der Waals surface area (Å²) in [6.45, 7) is 18.7. The summed E-state index contributed by atoms with van der Waals surface area (Å²) in [5.41, 5.74) is 0.783. The minimum Gasteiger partial charge on any atom is -0.472 e. The first-order valence-electron chi connectivity index (χ1n) is 13.8. The first-order chi connectivity index (χ1) is 18.7. The molecule has 0 aromatic carbocycles. The van der Waals surface area contributed by atoms with Crippen LogP contribution < -0.4 is 10.1 Å². The molecule has 1 N–H and O–H groups in total. The summed E-state index contributed by atoms with van der Waals surface area (Å²) in [5, 5.41) is 8.64. The summed E-state index contributed by atoms with van der Waals surface area (Å²) in [7, 11) is -1.22. The molecule has 2 atom stereocenters. The van der Waals surface area contributed by atoms with E-state index in [4.69, 9.17) is 35.8 Å². The molecule has 0 unspecified atom stereocenters. The monoisotopic (exact) mass is 591 g/mol. The number of hydrogen-bond donors (Lipinski definition) is 1. The van der Waals surface area contributed by atoms with Crippen molar-refractivity contribution in [3.05, 3.63) is 23.6 Å². The van der Waals surface area contributed by atoms with Crippen LogP contribution in [0.1, 0.15) is 41.0 Å². The molecule has 0 saturated carbocycles. The van der Waals surface area contributed by atoms with E-state index in [1.165, 1.54) is 0 Å². The summed E-state index contributed by atoms with van der Waals surface area (Å²) in [4.78, 5) is 24.0. The molecular weight excluding hydrogens is 550 g/mol. The Bertz CT molecular complexity index is 1330. The molecule has 220 valence electrons. The van der Waals surface area contributed by atoms with Crippen LogP contribution in [0.15, 0.2) is 18.6 Å². The molecule has 0 spiro atoms. The summed E-state index contributed by atoms with van der Waals surface area (Å²) < 4.78 is 21.7. The normalized spacial score (nSPS) is 18.0. The number of anilines is 2. The average Bonchev–Trinajstić information content (AvgIpc) is 3.52. The summed E-state index contributed by atoms with van der Waals surface area (Å²) in [6.07, 6.45) is 5.40. The Hall–Kier alpha value is -2.83. The zero-order valence-electron chi connectivity index (χ0n) is 24.8. The Labute approximate surface area is 242 Å². The van der Waals surface area contributed by atoms with Crippen molar-refractivity contribution < 1.29 is 19.0 Å². The zero-order chi connectivity index (χ0) is 29.2. The molecule has 1 aliphatic heterocycles. The largest absolute Gasteiger partial charge is 0.472 e. The van der Waals surface area contributed by atoms with Crippen LogP contribution >= 0.6 is 11.6 Å². The molecule has 4 rings (SSSR count). The fourth-order valence-corrected chi connectivity index (χ4v) is 5.46. The van der Waals surface area contributed by atoms with Crippen molar-refractivity contribution in [1.82, 2.24) is 29.2 Å². The highest BCUT2D eigenvalue weighted by atomic mass is 35.5. The van der Waals surface area contributed by atoms with Crippen LogP contribution in [0.3, 0.4) is 0 Å². The number of nitrogens with zero attached hydrogens (tertiary/aromatic N) is 6. The number of ether oxygens (including phenoxy) is 3. The van der Waals surface area contributed by atoms with Gasteiger partial charge in [0.2, 0.25) is 11.8 Å². The molecular formula is C27H42ClN7O4Si. The fraction of sp³-hybridized carbons (Fsp3) is 0.630. The van der Waals surface area contributed by atoms with Crippen molar-refractivity contribution in [2.24, 2.45) is 0 Å². The number of fused-ring (bicyclic) bond motifs is 1. The molecule has 0 aliphatic carbocycles. The van der Waals surface area contributed by atoms with Crippen LogP contribution in [-0.2, 0) is 22.7 Å². The number of amides is 1. The van der Waals surface area contributed by atoms with Gasteiger partial charge in [-0.2, -0.15) is 15.1 Å². The summed E-state index contributed by atoms with van der Waals surface area (Å²) in [5.74, 6) is 0.704. The lowest BCUT2D eigenvalue weighted by Gasteiger charge is -2.26. The molecule has 11 nitrogen and oxygen atoms in total. The van der Waals surface area contributed by atoms with Gasteiger partial charge in [-0.3, -0.25) is 4.68 Å². The first-order valence-corrected chi connectivity index (χ1v) is 17.9. The van der Waals surface area contributed by atoms with Gasteiger partial charge in [0.1, 0.15) is 18.4 Å². The van der Waals surface area contributed by atoms with Crippen LogP contribution in [0.5, 0.6) is 5.88 Å². The Morgan fingerprint density at radius 2 is 1.98 bits per heavy atom. The zero-order valence-corrected chi connectivity index (χ0v) is 26.6. The topological polar surface area (TPSA) is 109 Å². The molecule has 1 aliphatic rings. The number of halogens is 1. The number of carbonyl (C=O) groups excluding carboxylic acids is 1. The van der Waals surface area contributed by atoms with E-state index in [-0.39, 0.29) is 18.2 Å². The van der Waals surface area contributed by atoms with Crippen molar-refractivity contribution in [1.29, 1.82) is 0 Å². The van der Waals surface area contributed by atoms with Gasteiger partial charge in [0.15, 0.2) is 5.65 Å². The molecule has 1 amide bonds. The number of rotatable bonds is 10. The molecule has 13 heteroatoms. The van der Waals surface area contributed by atoms with Crippen LogP contribution in [0.2, 0.25) is 30.7 Å². The molecule has 3 aromatic heterocycles. The molecule has 0 radical (unpaired) electrons. The lowest BCUT2D eigenvalue weighted by atomic mass is 10.2. The lowest BCUT2D eigenvalue weighted by Crippen LogP contribution is -2.39. The highest BCUT2D eigenvalue weighted by molar-refractivity contribution is 6.76. The van der Waals surface area contributed by atoms with E-state index < -0.39 is 13.7 Å². The van der Waals surface area contributed by atoms with Crippen molar-refractivity contribution in [3.63, 3.8) is 0 Å². The lowest BCUT2D eigenvalue weighted by molar-refractivity contribution is 0.0223. The van der Waals surface area contributed by atoms with Gasteiger partial charge in [-0.15, -0.1) is 0 Å². The number of likely N-dealkylation sites (tertiary alicyclic amines) is 1. The van der Waals surface area contributed by atoms with Gasteiger partial charge in [0, 0.05) is 46.1 Å². The van der Waals surface area contributed by atoms with E-state index in [1.807, 2.05) is 50.1 Å². The van der Waals surface area contributed by atoms with Gasteiger partial charge < -0.3 is 29.0 Å². The third kappa shape index (κ3) is 7.67. The van der Waals surface area contributed by atoms with Gasteiger partial charge >= 0.3 is 6.09 Å². The number of carbonyl (C=O) groups is 1. The highest BCUT2D eigenvalue weighted by Crippen LogP contribution is 2.35. The second kappa shape index (κ2) is 12.0. The quantitative estimate of drug-likeness (QED) is 0.221. The van der Waals surface area contributed by atoms with Gasteiger partial charge in [-0.25, -0.2) is 4.79 Å². The van der Waals surface area contributed by atoms with Gasteiger partial charge in [-0.05, 0) is 40.7 Å². The number of hydrogen-bond acceptors (Lipinski definition) is 8. The summed E-state index contributed by atoms with van der Waals surface area (Å²) >= 11 is 6.72. The van der Waals surface area contributed by atoms with Crippen molar-refractivity contribution >= 4 is 48.4 Å². The minimum atomic E-state index is -1.22. The van der Waals surface area contributed by atoms with Gasteiger partial charge in [-0.1, -0.05) is 31.2 Å². The van der Waals surface area contributed by atoms with E-state index in [0.29, 0.717) is 54.2 Å². The minimum absolute atomic E-state index is 0.0468. The predicted octanol–water partition coefficient (Wildman–Crippen LogP) is 6.13. The fourth-order valence-electron chi connectivity index (χ4n) is 4.42. The van der Waals surface area contributed by atoms with E-state index in [1.54, 1.807) is 17.3 Å². The van der Waals surface area contributed by atoms with Crippen LogP contribution in [0.25, 0.3) is 11.0 Å². The Morgan fingerprint density at radius 3 is 2.62 bits per heavy atom. The molecule has 1 fully saturated rings. The maximum absolute atomic E-state index is 12.8. The molecule has 4 heterocycles. The van der Waals surface area contributed by atoms with E-state index in [0.717, 1.165) is 18.3 Å². The van der Waals surface area contributed by atoms with E-state index in [9.17, 15) is 4.79 Å². The van der Waals surface area contributed by atoms with Crippen LogP contribution in [0.4, 0.5) is 16.4 Å². The maximum Gasteiger partial charge on any atom is 0.410 e. The van der Waals surface area contributed by atoms with Crippen molar-refractivity contribution in [3.8, 4) is 5.88 Å². The van der Waals surface area contributed by atoms with Crippen LogP contribution in [-0.4, -0.2) is 74.3 Å². The highest BCUT2D eigenvalue weighted by Gasteiger charge is 2.37. The second-order valence-corrected chi connectivity index (χ2v) is 18.5.